The molecule has 3 nitrogen and oxygen atoms in total. The highest BCUT2D eigenvalue weighted by atomic mass is 16.8. The van der Waals surface area contributed by atoms with Crippen LogP contribution >= 0.6 is 0 Å². The highest BCUT2D eigenvalue weighted by molar-refractivity contribution is 4.77. The summed E-state index contributed by atoms with van der Waals surface area (Å²) in [7, 11) is 3.80. The van der Waals surface area contributed by atoms with Gasteiger partial charge in [0, 0.05) is 13.7 Å². The molecule has 1 unspecified atom stereocenters. The fraction of sp³-hybridized carbons (Fsp3) is 1.00. The van der Waals surface area contributed by atoms with Crippen LogP contribution in [0.3, 0.4) is 0 Å². The van der Waals surface area contributed by atoms with Crippen molar-refractivity contribution < 1.29 is 9.47 Å². The lowest BCUT2D eigenvalue weighted by Crippen LogP contribution is -2.20. The van der Waals surface area contributed by atoms with E-state index >= 15 is 0 Å². The van der Waals surface area contributed by atoms with Crippen LogP contribution in [0.2, 0.25) is 0 Å². The lowest BCUT2D eigenvalue weighted by Gasteiger charge is -2.11. The van der Waals surface area contributed by atoms with Crippen molar-refractivity contribution in [2.75, 3.05) is 27.2 Å². The summed E-state index contributed by atoms with van der Waals surface area (Å²) in [6, 6.07) is 0. The van der Waals surface area contributed by atoms with Gasteiger partial charge in [-0.05, 0) is 20.0 Å². The second kappa shape index (κ2) is 4.04. The first kappa shape index (κ1) is 8.97. The molecule has 11 heavy (non-hydrogen) atoms. The molecule has 0 aromatic carbocycles. The van der Waals surface area contributed by atoms with Gasteiger partial charge in [-0.3, -0.25) is 0 Å². The van der Waals surface area contributed by atoms with Crippen LogP contribution < -0.4 is 0 Å². The maximum absolute atomic E-state index is 5.21. The highest BCUT2D eigenvalue weighted by Crippen LogP contribution is 2.25. The van der Waals surface area contributed by atoms with Gasteiger partial charge in [0.1, 0.15) is 6.10 Å². The summed E-state index contributed by atoms with van der Waals surface area (Å²) in [6.45, 7) is 4.35. The van der Waals surface area contributed by atoms with Gasteiger partial charge in [-0.2, -0.15) is 0 Å². The van der Waals surface area contributed by atoms with Crippen LogP contribution in [0.5, 0.6) is 0 Å². The van der Waals surface area contributed by atoms with E-state index in [0.29, 0.717) is 6.10 Å². The van der Waals surface area contributed by atoms with Crippen molar-refractivity contribution in [3.8, 4) is 0 Å². The Bertz CT molecular complexity index is 119. The van der Waals surface area contributed by atoms with Crippen molar-refractivity contribution in [2.45, 2.75) is 25.7 Å². The topological polar surface area (TPSA) is 25.0 Å². The normalized spacial score (nSPS) is 29.5. The molecule has 2 atom stereocenters. The van der Waals surface area contributed by atoms with Crippen molar-refractivity contribution in [3.05, 3.63) is 0 Å². The van der Waals surface area contributed by atoms with Crippen molar-refractivity contribution in [1.29, 1.82) is 0 Å². The van der Waals surface area contributed by atoms with E-state index in [9.17, 15) is 0 Å². The van der Waals surface area contributed by atoms with E-state index in [1.54, 1.807) is 7.11 Å². The molecule has 0 aromatic heterocycles. The smallest absolute Gasteiger partial charge is 0.184 e. The first-order valence-corrected chi connectivity index (χ1v) is 4.14. The van der Waals surface area contributed by atoms with Gasteiger partial charge in [0.15, 0.2) is 6.29 Å². The molecular weight excluding hydrogens is 142 g/mol. The Morgan fingerprint density at radius 1 is 1.55 bits per heavy atom. The van der Waals surface area contributed by atoms with Crippen LogP contribution in [0.4, 0.5) is 0 Å². The first-order chi connectivity index (χ1) is 5.27. The number of methoxy groups -OCH3 is 1. The summed E-state index contributed by atoms with van der Waals surface area (Å²) in [5.74, 6) is 0. The fourth-order valence-electron chi connectivity index (χ4n) is 1.04. The van der Waals surface area contributed by atoms with E-state index in [1.165, 1.54) is 0 Å². The fourth-order valence-corrected chi connectivity index (χ4v) is 1.04. The molecule has 1 aliphatic heterocycles. The largest absolute Gasteiger partial charge is 0.353 e. The Balaban J connectivity index is 1.97. The first-order valence-electron chi connectivity index (χ1n) is 4.14. The Hall–Kier alpha value is -0.120. The monoisotopic (exact) mass is 159 g/mol. The van der Waals surface area contributed by atoms with Crippen LogP contribution in [-0.2, 0) is 9.47 Å². The van der Waals surface area contributed by atoms with Gasteiger partial charge in [0.05, 0.1) is 0 Å². The Labute approximate surface area is 68.3 Å². The number of rotatable bonds is 5. The Kier molecular flexibility index (Phi) is 3.30. The summed E-state index contributed by atoms with van der Waals surface area (Å²) in [4.78, 5) is 2.27. The minimum absolute atomic E-state index is 0.0836. The summed E-state index contributed by atoms with van der Waals surface area (Å²) in [5, 5.41) is 0. The molecule has 1 fully saturated rings. The number of ether oxygens (including phenoxy) is 2. The molecule has 0 bridgehead atoms. The van der Waals surface area contributed by atoms with Crippen molar-refractivity contribution in [3.63, 3.8) is 0 Å². The molecule has 3 heteroatoms. The average Bonchev–Trinajstić information content (AvgIpc) is 2.78. The second-order valence-electron chi connectivity index (χ2n) is 2.96. The van der Waals surface area contributed by atoms with Crippen molar-refractivity contribution >= 4 is 0 Å². The number of hydrogen-bond donors (Lipinski definition) is 0. The van der Waals surface area contributed by atoms with E-state index in [4.69, 9.17) is 9.47 Å². The van der Waals surface area contributed by atoms with Crippen molar-refractivity contribution in [2.24, 2.45) is 0 Å². The number of epoxide rings is 1. The maximum atomic E-state index is 5.21. The third-order valence-electron chi connectivity index (χ3n) is 2.10. The van der Waals surface area contributed by atoms with Crippen LogP contribution in [0.25, 0.3) is 0 Å². The zero-order valence-electron chi connectivity index (χ0n) is 7.54. The van der Waals surface area contributed by atoms with E-state index in [0.717, 1.165) is 19.5 Å². The van der Waals surface area contributed by atoms with E-state index in [1.807, 2.05) is 0 Å². The van der Waals surface area contributed by atoms with E-state index in [2.05, 4.69) is 18.9 Å². The quantitative estimate of drug-likeness (QED) is 0.552. The molecule has 0 N–H and O–H groups in total. The summed E-state index contributed by atoms with van der Waals surface area (Å²) in [6.07, 6.45) is 1.53. The second-order valence-corrected chi connectivity index (χ2v) is 2.96. The predicted octanol–water partition coefficient (Wildman–Crippen LogP) is 0.699. The molecule has 0 aromatic rings. The lowest BCUT2D eigenvalue weighted by atomic mass is 10.3. The van der Waals surface area contributed by atoms with Gasteiger partial charge in [0.25, 0.3) is 0 Å². The van der Waals surface area contributed by atoms with Gasteiger partial charge in [0.2, 0.25) is 0 Å². The minimum atomic E-state index is 0.0836. The summed E-state index contributed by atoms with van der Waals surface area (Å²) in [5.41, 5.74) is 0. The van der Waals surface area contributed by atoms with Crippen LogP contribution in [-0.4, -0.2) is 44.5 Å². The van der Waals surface area contributed by atoms with E-state index in [-0.39, 0.29) is 6.29 Å². The summed E-state index contributed by atoms with van der Waals surface area (Å²) >= 11 is 0. The van der Waals surface area contributed by atoms with Crippen LogP contribution in [0.15, 0.2) is 0 Å². The highest BCUT2D eigenvalue weighted by Gasteiger charge is 2.38. The maximum Gasteiger partial charge on any atom is 0.184 e. The van der Waals surface area contributed by atoms with Gasteiger partial charge >= 0.3 is 0 Å². The van der Waals surface area contributed by atoms with Crippen LogP contribution in [0, 0.1) is 0 Å². The molecule has 1 saturated heterocycles. The van der Waals surface area contributed by atoms with Gasteiger partial charge in [-0.1, -0.05) is 6.92 Å². The third-order valence-corrected chi connectivity index (χ3v) is 2.10. The molecular formula is C8H17NO2. The standard InChI is InChI=1S/C8H17NO2/c1-4-9(2)6-5-7-8(10-3)11-7/h7-8H,4-6H2,1-3H3/t7-,8?/m1/s1. The lowest BCUT2D eigenvalue weighted by molar-refractivity contribution is 0.0950. The molecule has 0 radical (unpaired) electrons. The number of hydrogen-bond acceptors (Lipinski definition) is 3. The molecule has 1 aliphatic rings. The molecule has 0 amide bonds. The average molecular weight is 159 g/mol. The van der Waals surface area contributed by atoms with Gasteiger partial charge < -0.3 is 14.4 Å². The zero-order valence-corrected chi connectivity index (χ0v) is 7.54. The Morgan fingerprint density at radius 2 is 2.27 bits per heavy atom. The molecule has 66 valence electrons. The summed E-state index contributed by atoms with van der Waals surface area (Å²) < 4.78 is 10.2. The molecule has 0 saturated carbocycles. The molecule has 1 rings (SSSR count). The van der Waals surface area contributed by atoms with E-state index < -0.39 is 0 Å². The predicted molar refractivity (Wildman–Crippen MR) is 43.5 cm³/mol. The Morgan fingerprint density at radius 3 is 2.73 bits per heavy atom. The van der Waals surface area contributed by atoms with Crippen LogP contribution in [0.1, 0.15) is 13.3 Å². The molecule has 1 heterocycles. The third kappa shape index (κ3) is 2.77. The molecule has 0 spiro atoms. The zero-order chi connectivity index (χ0) is 8.27. The van der Waals surface area contributed by atoms with Crippen molar-refractivity contribution in [1.82, 2.24) is 4.90 Å². The van der Waals surface area contributed by atoms with Gasteiger partial charge in [-0.25, -0.2) is 0 Å². The molecule has 0 aliphatic carbocycles. The van der Waals surface area contributed by atoms with Gasteiger partial charge in [-0.15, -0.1) is 0 Å². The number of nitrogens with zero attached hydrogens (tertiary/aromatic N) is 1. The minimum Gasteiger partial charge on any atom is -0.353 e. The SMILES string of the molecule is CCN(C)CC[C@H]1OC1OC.